The number of rotatable bonds is 6. The minimum Gasteiger partial charge on any atom is -0.463 e. The first-order valence-corrected chi connectivity index (χ1v) is 5.64. The first-order valence-electron chi connectivity index (χ1n) is 5.64. The monoisotopic (exact) mass is 257 g/mol. The normalized spacial score (nSPS) is 16.1. The largest absolute Gasteiger partial charge is 0.463 e. The smallest absolute Gasteiger partial charge is 0.373 e. The highest BCUT2D eigenvalue weighted by molar-refractivity contribution is 5.86. The molecule has 0 saturated carbocycles. The van der Waals surface area contributed by atoms with Gasteiger partial charge >= 0.3 is 5.97 Å². The third-order valence-electron chi connectivity index (χ3n) is 2.57. The maximum Gasteiger partial charge on any atom is 0.373 e. The third kappa shape index (κ3) is 3.83. The van der Waals surface area contributed by atoms with Gasteiger partial charge in [-0.15, -0.1) is 0 Å². The van der Waals surface area contributed by atoms with Crippen LogP contribution in [0.4, 0.5) is 0 Å². The molecule has 0 aliphatic rings. The molecule has 2 unspecified atom stereocenters. The summed E-state index contributed by atoms with van der Waals surface area (Å²) in [4.78, 5) is 11.2. The summed E-state index contributed by atoms with van der Waals surface area (Å²) in [6.45, 7) is 3.22. The number of furan rings is 1. The quantitative estimate of drug-likeness (QED) is 0.641. The van der Waals surface area contributed by atoms with Gasteiger partial charge in [0.1, 0.15) is 5.76 Å². The lowest BCUT2D eigenvalue weighted by molar-refractivity contribution is 0.000598. The minimum absolute atomic E-state index is 0.134. The Hall–Kier alpha value is -1.37. The molecule has 0 radical (unpaired) electrons. The van der Waals surface area contributed by atoms with Crippen LogP contribution in [0.15, 0.2) is 16.5 Å². The van der Waals surface area contributed by atoms with Crippen LogP contribution in [0.2, 0.25) is 0 Å². The lowest BCUT2D eigenvalue weighted by Gasteiger charge is -2.22. The van der Waals surface area contributed by atoms with E-state index in [1.54, 1.807) is 6.07 Å². The molecule has 18 heavy (non-hydrogen) atoms. The molecule has 0 aliphatic heterocycles. The molecule has 1 aromatic heterocycles. The van der Waals surface area contributed by atoms with Crippen molar-refractivity contribution in [2.45, 2.75) is 25.5 Å². The molecule has 0 spiro atoms. The van der Waals surface area contributed by atoms with E-state index in [1.165, 1.54) is 20.1 Å². The van der Waals surface area contributed by atoms with E-state index >= 15 is 0 Å². The predicted molar refractivity (Wildman–Crippen MR) is 64.2 cm³/mol. The molecule has 1 rings (SSSR count). The molecule has 102 valence electrons. The number of methoxy groups -OCH3 is 1. The highest BCUT2D eigenvalue weighted by atomic mass is 16.5. The fourth-order valence-electron chi connectivity index (χ4n) is 1.33. The van der Waals surface area contributed by atoms with Crippen LogP contribution in [0.3, 0.4) is 0 Å². The van der Waals surface area contributed by atoms with E-state index in [-0.39, 0.29) is 25.0 Å². The molecule has 6 nitrogen and oxygen atoms in total. The molecular weight excluding hydrogens is 238 g/mol. The Morgan fingerprint density at radius 3 is 2.83 bits per heavy atom. The molecule has 3 N–H and O–H groups in total. The molecule has 1 heterocycles. The van der Waals surface area contributed by atoms with Crippen molar-refractivity contribution in [3.63, 3.8) is 0 Å². The van der Waals surface area contributed by atoms with Crippen LogP contribution < -0.4 is 5.32 Å². The topological polar surface area (TPSA) is 91.9 Å². The molecule has 0 amide bonds. The van der Waals surface area contributed by atoms with Gasteiger partial charge in [0.05, 0.1) is 25.4 Å². The second-order valence-electron chi connectivity index (χ2n) is 4.45. The first kappa shape index (κ1) is 14.7. The lowest BCUT2D eigenvalue weighted by Crippen LogP contribution is -2.41. The molecule has 0 bridgehead atoms. The predicted octanol–water partition coefficient (Wildman–Crippen LogP) is 0.460. The third-order valence-corrected chi connectivity index (χ3v) is 2.57. The number of aliphatic hydroxyl groups excluding tert-OH is 1. The summed E-state index contributed by atoms with van der Waals surface area (Å²) in [5.74, 6) is 0.162. The van der Waals surface area contributed by atoms with Crippen LogP contribution in [0.5, 0.6) is 0 Å². The van der Waals surface area contributed by atoms with Crippen molar-refractivity contribution in [2.75, 3.05) is 20.3 Å². The van der Waals surface area contributed by atoms with Gasteiger partial charge in [0.15, 0.2) is 0 Å². The van der Waals surface area contributed by atoms with Crippen molar-refractivity contribution in [3.8, 4) is 0 Å². The van der Waals surface area contributed by atoms with Crippen molar-refractivity contribution in [3.05, 3.63) is 23.7 Å². The van der Waals surface area contributed by atoms with Gasteiger partial charge in [-0.25, -0.2) is 4.79 Å². The van der Waals surface area contributed by atoms with E-state index in [0.29, 0.717) is 5.76 Å². The minimum atomic E-state index is -1.19. The van der Waals surface area contributed by atoms with Crippen LogP contribution in [0, 0.1) is 0 Å². The molecule has 0 aliphatic carbocycles. The number of ether oxygens (including phenoxy) is 1. The van der Waals surface area contributed by atoms with Gasteiger partial charge in [0.2, 0.25) is 5.76 Å². The van der Waals surface area contributed by atoms with Crippen molar-refractivity contribution < 1.29 is 24.2 Å². The summed E-state index contributed by atoms with van der Waals surface area (Å²) in [6.07, 6.45) is 0. The highest BCUT2D eigenvalue weighted by Crippen LogP contribution is 2.17. The summed E-state index contributed by atoms with van der Waals surface area (Å²) < 4.78 is 9.85. The van der Waals surface area contributed by atoms with Crippen LogP contribution in [0.25, 0.3) is 0 Å². The van der Waals surface area contributed by atoms with Crippen molar-refractivity contribution >= 4 is 5.97 Å². The number of hydrogen-bond acceptors (Lipinski definition) is 6. The number of aliphatic hydroxyl groups is 2. The first-order chi connectivity index (χ1) is 8.39. The van der Waals surface area contributed by atoms with Gasteiger partial charge in [-0.05, 0) is 26.0 Å². The van der Waals surface area contributed by atoms with Crippen LogP contribution in [-0.2, 0) is 4.74 Å². The van der Waals surface area contributed by atoms with E-state index < -0.39 is 11.6 Å². The second-order valence-corrected chi connectivity index (χ2v) is 4.45. The molecule has 0 saturated heterocycles. The molecular formula is C12H19NO5. The SMILES string of the molecule is COC(=O)c1ccc(C(C)NCC(C)(O)CO)o1. The van der Waals surface area contributed by atoms with Crippen molar-refractivity contribution in [2.24, 2.45) is 0 Å². The molecule has 6 heteroatoms. The molecule has 1 aromatic rings. The average Bonchev–Trinajstić information content (AvgIpc) is 2.84. The van der Waals surface area contributed by atoms with Gasteiger partial charge in [0, 0.05) is 6.54 Å². The Bertz CT molecular complexity index is 399. The van der Waals surface area contributed by atoms with Crippen molar-refractivity contribution in [1.82, 2.24) is 5.32 Å². The second kappa shape index (κ2) is 5.99. The summed E-state index contributed by atoms with van der Waals surface area (Å²) in [7, 11) is 1.28. The Morgan fingerprint density at radius 2 is 2.28 bits per heavy atom. The Kier molecular flexibility index (Phi) is 4.89. The fraction of sp³-hybridized carbons (Fsp3) is 0.583. The summed E-state index contributed by atoms with van der Waals surface area (Å²) in [6, 6.07) is 3.00. The van der Waals surface area contributed by atoms with E-state index in [9.17, 15) is 9.90 Å². The fourth-order valence-corrected chi connectivity index (χ4v) is 1.33. The Morgan fingerprint density at radius 1 is 1.61 bits per heavy atom. The number of carbonyl (C=O) groups is 1. The lowest BCUT2D eigenvalue weighted by atomic mass is 10.1. The summed E-state index contributed by atoms with van der Waals surface area (Å²) in [5, 5.41) is 21.5. The zero-order valence-corrected chi connectivity index (χ0v) is 10.8. The van der Waals surface area contributed by atoms with Gasteiger partial charge in [-0.1, -0.05) is 0 Å². The van der Waals surface area contributed by atoms with E-state index in [1.807, 2.05) is 6.92 Å². The van der Waals surface area contributed by atoms with Crippen LogP contribution >= 0.6 is 0 Å². The van der Waals surface area contributed by atoms with Crippen LogP contribution in [0.1, 0.15) is 36.2 Å². The maximum absolute atomic E-state index is 11.2. The average molecular weight is 257 g/mol. The van der Waals surface area contributed by atoms with Gasteiger partial charge in [0.25, 0.3) is 0 Å². The Labute approximate surface area is 106 Å². The number of nitrogens with one attached hydrogen (secondary N) is 1. The standard InChI is InChI=1S/C12H19NO5/c1-8(13-6-12(2,16)7-14)9-4-5-10(18-9)11(15)17-3/h4-5,8,13-14,16H,6-7H2,1-3H3. The van der Waals surface area contributed by atoms with E-state index in [0.717, 1.165) is 0 Å². The number of carbonyl (C=O) groups excluding carboxylic acids is 1. The number of esters is 1. The summed E-state index contributed by atoms with van der Waals surface area (Å²) in [5.41, 5.74) is -1.19. The van der Waals surface area contributed by atoms with Crippen molar-refractivity contribution in [1.29, 1.82) is 0 Å². The zero-order valence-electron chi connectivity index (χ0n) is 10.8. The zero-order chi connectivity index (χ0) is 13.8. The van der Waals surface area contributed by atoms with E-state index in [2.05, 4.69) is 10.1 Å². The highest BCUT2D eigenvalue weighted by Gasteiger charge is 2.21. The maximum atomic E-state index is 11.2. The number of hydrogen-bond donors (Lipinski definition) is 3. The van der Waals surface area contributed by atoms with Gasteiger partial charge in [-0.3, -0.25) is 0 Å². The van der Waals surface area contributed by atoms with Crippen LogP contribution in [-0.4, -0.2) is 42.0 Å². The summed E-state index contributed by atoms with van der Waals surface area (Å²) >= 11 is 0. The van der Waals surface area contributed by atoms with E-state index in [4.69, 9.17) is 9.52 Å². The molecule has 0 fully saturated rings. The van der Waals surface area contributed by atoms with Gasteiger partial charge in [-0.2, -0.15) is 0 Å². The molecule has 2 atom stereocenters. The van der Waals surface area contributed by atoms with Gasteiger partial charge < -0.3 is 24.7 Å². The molecule has 0 aromatic carbocycles. The Balaban J connectivity index is 2.59.